The molecule has 0 amide bonds. The molecule has 18 heavy (non-hydrogen) atoms. The number of aliphatic hydroxyl groups excluding tert-OH is 1. The quantitative estimate of drug-likeness (QED) is 0.808. The zero-order chi connectivity index (χ0) is 13.3. The van der Waals surface area contributed by atoms with Crippen molar-refractivity contribution in [1.29, 1.82) is 0 Å². The van der Waals surface area contributed by atoms with Crippen LogP contribution >= 0.6 is 0 Å². The molecule has 0 aliphatic heterocycles. The third-order valence-corrected chi connectivity index (χ3v) is 2.36. The highest BCUT2D eigenvalue weighted by molar-refractivity contribution is 5.51. The molecule has 0 spiro atoms. The molecular weight excluding hydrogens is 247 g/mol. The first-order chi connectivity index (χ1) is 8.40. The number of hydrogen-bond acceptors (Lipinski definition) is 3. The lowest BCUT2D eigenvalue weighted by atomic mass is 10.1. The number of aliphatic hydroxyl groups is 1. The van der Waals surface area contributed by atoms with Gasteiger partial charge in [0, 0.05) is 17.6 Å². The standard InChI is InChI=1S/C11H10F3N3O/c12-11(13,14)7-1-8(15)3-10(2-7)17-4-9(5-18)16-6-17/h1-4,6,18H,5,15H2. The molecule has 0 saturated heterocycles. The number of nitrogens with two attached hydrogens (primary N) is 1. The molecule has 7 heteroatoms. The summed E-state index contributed by atoms with van der Waals surface area (Å²) < 4.78 is 39.2. The van der Waals surface area contributed by atoms with E-state index in [1.807, 2.05) is 0 Å². The van der Waals surface area contributed by atoms with E-state index < -0.39 is 11.7 Å². The number of nitrogen functional groups attached to an aromatic ring is 1. The molecule has 96 valence electrons. The third-order valence-electron chi connectivity index (χ3n) is 2.36. The van der Waals surface area contributed by atoms with Crippen LogP contribution in [-0.4, -0.2) is 14.7 Å². The van der Waals surface area contributed by atoms with Crippen molar-refractivity contribution < 1.29 is 18.3 Å². The van der Waals surface area contributed by atoms with Crippen LogP contribution in [0.15, 0.2) is 30.7 Å². The third kappa shape index (κ3) is 2.45. The second-order valence-corrected chi connectivity index (χ2v) is 3.74. The molecule has 0 radical (unpaired) electrons. The van der Waals surface area contributed by atoms with Crippen molar-refractivity contribution in [2.24, 2.45) is 0 Å². The Hall–Kier alpha value is -2.02. The summed E-state index contributed by atoms with van der Waals surface area (Å²) in [6.07, 6.45) is -1.69. The fraction of sp³-hybridized carbons (Fsp3) is 0.182. The van der Waals surface area contributed by atoms with Crippen LogP contribution < -0.4 is 5.73 Å². The molecule has 2 rings (SSSR count). The van der Waals surface area contributed by atoms with E-state index in [0.29, 0.717) is 5.69 Å². The van der Waals surface area contributed by atoms with Gasteiger partial charge in [-0.3, -0.25) is 0 Å². The number of halogens is 3. The Labute approximate surface area is 100 Å². The molecule has 0 unspecified atom stereocenters. The first-order valence-corrected chi connectivity index (χ1v) is 5.02. The molecule has 1 heterocycles. The molecule has 0 aliphatic carbocycles. The van der Waals surface area contributed by atoms with Crippen molar-refractivity contribution in [3.8, 4) is 5.69 Å². The summed E-state index contributed by atoms with van der Waals surface area (Å²) in [5.74, 6) is 0. The molecule has 0 aliphatic rings. The van der Waals surface area contributed by atoms with E-state index in [9.17, 15) is 13.2 Å². The minimum atomic E-state index is -4.45. The van der Waals surface area contributed by atoms with Crippen LogP contribution in [0.5, 0.6) is 0 Å². The summed E-state index contributed by atoms with van der Waals surface area (Å²) in [4.78, 5) is 3.82. The molecule has 0 fully saturated rings. The van der Waals surface area contributed by atoms with Gasteiger partial charge in [-0.05, 0) is 18.2 Å². The second kappa shape index (κ2) is 4.34. The smallest absolute Gasteiger partial charge is 0.399 e. The van der Waals surface area contributed by atoms with Crippen molar-refractivity contribution in [3.63, 3.8) is 0 Å². The van der Waals surface area contributed by atoms with Crippen LogP contribution in [0.1, 0.15) is 11.3 Å². The van der Waals surface area contributed by atoms with Gasteiger partial charge in [0.1, 0.15) is 0 Å². The zero-order valence-corrected chi connectivity index (χ0v) is 9.15. The van der Waals surface area contributed by atoms with Gasteiger partial charge in [0.2, 0.25) is 0 Å². The highest BCUT2D eigenvalue weighted by Gasteiger charge is 2.31. The fourth-order valence-electron chi connectivity index (χ4n) is 1.53. The molecule has 3 N–H and O–H groups in total. The van der Waals surface area contributed by atoms with E-state index in [0.717, 1.165) is 12.1 Å². The van der Waals surface area contributed by atoms with Crippen LogP contribution in [0.25, 0.3) is 5.69 Å². The van der Waals surface area contributed by atoms with Gasteiger partial charge in [-0.1, -0.05) is 0 Å². The van der Waals surface area contributed by atoms with Gasteiger partial charge in [0.15, 0.2) is 0 Å². The Morgan fingerprint density at radius 2 is 2.00 bits per heavy atom. The van der Waals surface area contributed by atoms with E-state index in [1.165, 1.54) is 23.2 Å². The number of aromatic nitrogens is 2. The summed E-state index contributed by atoms with van der Waals surface area (Å²) in [7, 11) is 0. The van der Waals surface area contributed by atoms with E-state index in [1.54, 1.807) is 0 Å². The molecule has 1 aromatic carbocycles. The summed E-state index contributed by atoms with van der Waals surface area (Å²) in [5, 5.41) is 8.86. The van der Waals surface area contributed by atoms with Crippen LogP contribution in [0.3, 0.4) is 0 Å². The number of benzene rings is 1. The van der Waals surface area contributed by atoms with Gasteiger partial charge in [0.05, 0.1) is 24.2 Å². The van der Waals surface area contributed by atoms with E-state index in [-0.39, 0.29) is 18.0 Å². The topological polar surface area (TPSA) is 64.1 Å². The minimum Gasteiger partial charge on any atom is -0.399 e. The summed E-state index contributed by atoms with van der Waals surface area (Å²) >= 11 is 0. The van der Waals surface area contributed by atoms with E-state index in [2.05, 4.69) is 4.98 Å². The number of nitrogens with zero attached hydrogens (tertiary/aromatic N) is 2. The first kappa shape index (κ1) is 12.4. The number of imidazole rings is 1. The lowest BCUT2D eigenvalue weighted by Crippen LogP contribution is -2.07. The zero-order valence-electron chi connectivity index (χ0n) is 9.15. The monoisotopic (exact) mass is 257 g/mol. The number of hydrogen-bond donors (Lipinski definition) is 2. The SMILES string of the molecule is Nc1cc(-n2cnc(CO)c2)cc(C(F)(F)F)c1. The normalized spacial score (nSPS) is 11.8. The van der Waals surface area contributed by atoms with Crippen LogP contribution in [0, 0.1) is 0 Å². The highest BCUT2D eigenvalue weighted by Crippen LogP contribution is 2.32. The largest absolute Gasteiger partial charge is 0.416 e. The minimum absolute atomic E-state index is 0.0130. The lowest BCUT2D eigenvalue weighted by Gasteiger charge is -2.10. The van der Waals surface area contributed by atoms with Crippen molar-refractivity contribution >= 4 is 5.69 Å². The molecule has 0 saturated carbocycles. The number of alkyl halides is 3. The lowest BCUT2D eigenvalue weighted by molar-refractivity contribution is -0.137. The van der Waals surface area contributed by atoms with Gasteiger partial charge in [-0.25, -0.2) is 4.98 Å². The van der Waals surface area contributed by atoms with Gasteiger partial charge < -0.3 is 15.4 Å². The van der Waals surface area contributed by atoms with Crippen molar-refractivity contribution in [2.45, 2.75) is 12.8 Å². The van der Waals surface area contributed by atoms with Crippen molar-refractivity contribution in [1.82, 2.24) is 9.55 Å². The van der Waals surface area contributed by atoms with Gasteiger partial charge in [-0.15, -0.1) is 0 Å². The highest BCUT2D eigenvalue weighted by atomic mass is 19.4. The number of rotatable bonds is 2. The average molecular weight is 257 g/mol. The van der Waals surface area contributed by atoms with E-state index >= 15 is 0 Å². The molecule has 2 aromatic rings. The summed E-state index contributed by atoms with van der Waals surface area (Å²) in [6.45, 7) is -0.276. The summed E-state index contributed by atoms with van der Waals surface area (Å²) in [5.41, 5.74) is 5.25. The van der Waals surface area contributed by atoms with Gasteiger partial charge >= 0.3 is 6.18 Å². The Kier molecular flexibility index (Phi) is 3.00. The Bertz CT molecular complexity index is 563. The van der Waals surface area contributed by atoms with Crippen LogP contribution in [-0.2, 0) is 12.8 Å². The number of anilines is 1. The second-order valence-electron chi connectivity index (χ2n) is 3.74. The average Bonchev–Trinajstić information content (AvgIpc) is 2.75. The van der Waals surface area contributed by atoms with Crippen molar-refractivity contribution in [3.05, 3.63) is 42.0 Å². The van der Waals surface area contributed by atoms with E-state index in [4.69, 9.17) is 10.8 Å². The maximum atomic E-state index is 12.6. The Morgan fingerprint density at radius 3 is 2.56 bits per heavy atom. The molecule has 4 nitrogen and oxygen atoms in total. The Morgan fingerprint density at radius 1 is 1.28 bits per heavy atom. The fourth-order valence-corrected chi connectivity index (χ4v) is 1.53. The molecular formula is C11H10F3N3O. The Balaban J connectivity index is 2.48. The predicted molar refractivity (Wildman–Crippen MR) is 58.9 cm³/mol. The maximum absolute atomic E-state index is 12.6. The first-order valence-electron chi connectivity index (χ1n) is 5.02. The van der Waals surface area contributed by atoms with Gasteiger partial charge in [-0.2, -0.15) is 13.2 Å². The maximum Gasteiger partial charge on any atom is 0.416 e. The summed E-state index contributed by atoms with van der Waals surface area (Å²) in [6, 6.07) is 3.24. The van der Waals surface area contributed by atoms with Gasteiger partial charge in [0.25, 0.3) is 0 Å². The molecule has 0 bridgehead atoms. The molecule has 0 atom stereocenters. The van der Waals surface area contributed by atoms with Crippen LogP contribution in [0.4, 0.5) is 18.9 Å². The van der Waals surface area contributed by atoms with Crippen molar-refractivity contribution in [2.75, 3.05) is 5.73 Å². The van der Waals surface area contributed by atoms with Crippen LogP contribution in [0.2, 0.25) is 0 Å². The predicted octanol–water partition coefficient (Wildman–Crippen LogP) is 1.97. The molecule has 1 aromatic heterocycles.